The zero-order chi connectivity index (χ0) is 58.3. The second-order valence-electron chi connectivity index (χ2n) is 19.2. The van der Waals surface area contributed by atoms with Crippen LogP contribution in [0.5, 0.6) is 0 Å². The lowest BCUT2D eigenvalue weighted by Crippen LogP contribution is -2.41. The van der Waals surface area contributed by atoms with Crippen LogP contribution in [0.15, 0.2) is 158 Å². The van der Waals surface area contributed by atoms with Crippen LogP contribution in [0.1, 0.15) is 27.7 Å². The first kappa shape index (κ1) is 60.1. The second-order valence-corrected chi connectivity index (χ2v) is 23.0. The number of halogens is 6. The van der Waals surface area contributed by atoms with Gasteiger partial charge in [0.15, 0.2) is 17.1 Å². The summed E-state index contributed by atoms with van der Waals surface area (Å²) in [5, 5.41) is 22.9. The Labute approximate surface area is 517 Å². The number of nitrogens with zero attached hydrogens (tertiary/aromatic N) is 10. The zero-order valence-corrected chi connectivity index (χ0v) is 52.0. The molecule has 402 valence electrons. The van der Waals surface area contributed by atoms with Crippen LogP contribution in [-0.2, 0) is 30.5 Å². The molecule has 0 unspecified atom stereocenters. The van der Waals surface area contributed by atoms with E-state index in [1.165, 1.54) is 0 Å². The van der Waals surface area contributed by atoms with Gasteiger partial charge >= 0.3 is 7.12 Å². The Morgan fingerprint density at radius 3 is 1.40 bits per heavy atom. The highest BCUT2D eigenvalue weighted by atomic mass is 127. The van der Waals surface area contributed by atoms with Gasteiger partial charge in [-0.15, -0.1) is 0 Å². The predicted octanol–water partition coefficient (Wildman–Crippen LogP) is 18.9. The average Bonchev–Trinajstić information content (AvgIpc) is 4.25. The molecule has 0 aliphatic carbocycles. The molecule has 1 aliphatic heterocycles. The van der Waals surface area contributed by atoms with Gasteiger partial charge in [0.1, 0.15) is 0 Å². The number of hydrogen-bond acceptors (Lipinski definition) is 5. The summed E-state index contributed by atoms with van der Waals surface area (Å²) in [5.74, 6) is 0. The number of hydrogen-bond donors (Lipinski definition) is 0. The first-order chi connectivity index (χ1) is 38.7. The Morgan fingerprint density at radius 1 is 0.494 bits per heavy atom. The van der Waals surface area contributed by atoms with Crippen LogP contribution in [0.2, 0.25) is 20.1 Å². The molecule has 11 aromatic rings. The van der Waals surface area contributed by atoms with E-state index in [0.717, 1.165) is 78.3 Å². The highest BCUT2D eigenvalue weighted by Crippen LogP contribution is 2.44. The van der Waals surface area contributed by atoms with Gasteiger partial charge in [0.25, 0.3) is 0 Å². The van der Waals surface area contributed by atoms with Gasteiger partial charge in [0.2, 0.25) is 5.69 Å². The summed E-state index contributed by atoms with van der Waals surface area (Å²) in [6.45, 7) is 36.9. The molecule has 0 radical (unpaired) electrons. The van der Waals surface area contributed by atoms with Gasteiger partial charge in [-0.1, -0.05) is 166 Å². The van der Waals surface area contributed by atoms with Crippen molar-refractivity contribution in [3.8, 4) is 22.5 Å². The maximum atomic E-state index is 7.43. The molecule has 81 heavy (non-hydrogen) atoms. The molecule has 0 spiro atoms. The fourth-order valence-corrected chi connectivity index (χ4v) is 11.4. The molecule has 12 nitrogen and oxygen atoms in total. The van der Waals surface area contributed by atoms with Crippen LogP contribution in [0.4, 0.5) is 22.7 Å². The van der Waals surface area contributed by atoms with Gasteiger partial charge in [0.05, 0.1) is 69.3 Å². The zero-order valence-electron chi connectivity index (χ0n) is 44.6. The minimum absolute atomic E-state index is 0.290. The molecule has 12 rings (SSSR count). The molecular weight excluding hydrogens is 1320 g/mol. The smallest absolute Gasteiger partial charge is 0.398 e. The normalized spacial score (nSPS) is 12.8. The van der Waals surface area contributed by atoms with E-state index in [2.05, 4.69) is 79.9 Å². The van der Waals surface area contributed by atoms with Crippen molar-refractivity contribution in [2.24, 2.45) is 21.1 Å². The summed E-state index contributed by atoms with van der Waals surface area (Å²) in [7, 11) is 5.27. The van der Waals surface area contributed by atoms with Crippen LogP contribution >= 0.6 is 91.6 Å². The highest BCUT2D eigenvalue weighted by Gasteiger charge is 2.52. The van der Waals surface area contributed by atoms with Crippen molar-refractivity contribution in [1.29, 1.82) is 0 Å². The van der Waals surface area contributed by atoms with Crippen molar-refractivity contribution in [1.82, 2.24) is 29.3 Å². The van der Waals surface area contributed by atoms with E-state index in [0.29, 0.717) is 42.8 Å². The van der Waals surface area contributed by atoms with E-state index >= 15 is 0 Å². The maximum absolute atomic E-state index is 7.43. The fourth-order valence-electron chi connectivity index (χ4n) is 8.77. The minimum atomic E-state index is -0.317. The number of rotatable bonds is 3. The summed E-state index contributed by atoms with van der Waals surface area (Å²) in [5.41, 5.74) is 5.91. The van der Waals surface area contributed by atoms with Crippen LogP contribution < -0.4 is 5.59 Å². The Morgan fingerprint density at radius 2 is 0.938 bits per heavy atom. The number of aryl methyl sites for hydroxylation is 3. The van der Waals surface area contributed by atoms with Gasteiger partial charge in [-0.2, -0.15) is 15.3 Å². The number of benzene rings is 8. The lowest BCUT2D eigenvalue weighted by molar-refractivity contribution is 0.00578. The molecule has 19 heteroatoms. The van der Waals surface area contributed by atoms with Crippen molar-refractivity contribution in [2.75, 3.05) is 0 Å². The lowest BCUT2D eigenvalue weighted by atomic mass is 9.85. The topological polar surface area (TPSA) is 89.4 Å². The highest BCUT2D eigenvalue weighted by molar-refractivity contribution is 14.1. The fraction of sp³-hybridized carbons (Fsp3) is 0.145. The van der Waals surface area contributed by atoms with E-state index in [1.54, 1.807) is 38.7 Å². The van der Waals surface area contributed by atoms with E-state index in [4.69, 9.17) is 82.0 Å². The molecule has 0 bridgehead atoms. The monoisotopic (exact) mass is 1370 g/mol. The van der Waals surface area contributed by atoms with Crippen molar-refractivity contribution < 1.29 is 9.31 Å². The Hall–Kier alpha value is -7.01. The van der Waals surface area contributed by atoms with Crippen LogP contribution in [0.3, 0.4) is 0 Å². The molecule has 1 saturated heterocycles. The van der Waals surface area contributed by atoms with E-state index < -0.39 is 0 Å². The van der Waals surface area contributed by atoms with Crippen molar-refractivity contribution in [3.05, 3.63) is 231 Å². The molecule has 1 fully saturated rings. The first-order valence-electron chi connectivity index (χ1n) is 24.7. The van der Waals surface area contributed by atoms with E-state index in [-0.39, 0.29) is 18.3 Å². The third-order valence-corrected chi connectivity index (χ3v) is 17.4. The van der Waals surface area contributed by atoms with Crippen molar-refractivity contribution in [2.45, 2.75) is 38.9 Å². The molecule has 0 atom stereocenters. The first-order valence-corrected chi connectivity index (χ1v) is 28.4. The van der Waals surface area contributed by atoms with Crippen LogP contribution in [-0.4, -0.2) is 47.7 Å². The van der Waals surface area contributed by atoms with Crippen LogP contribution in [0.25, 0.3) is 85.0 Å². The standard InChI is InChI=1S/C15H9ClIN3.C15H10ClN3.C11H5ClIN.C11H6ClN.C10H17BN2O2/c1-18-12-7-9-5-3-4-6-10(9)14(16)13(12)15-11(17)8-19-20(15)2;1-17-12-9-10-5-3-4-6-11(10)15(16)14(12)13-7-8-18-19(13)2;1-14-9-6-7-4-2-3-5-8(7)10(12)11(9)13;1-13-9-6-8-4-2-3-5-10(8)11(12)7-9;1-9(2)10(3,4)15-11(14-9)8-6-7-12-13(8)5/h3-8H,2H3;3-9H,2H3;2-6H;2-7H;6-7H,1-5H3. The average molecular weight is 1370 g/mol. The quantitative estimate of drug-likeness (QED) is 0.0999. The predicted molar refractivity (Wildman–Crippen MR) is 350 cm³/mol. The summed E-state index contributed by atoms with van der Waals surface area (Å²) < 4.78 is 18.9. The molecule has 0 saturated carbocycles. The van der Waals surface area contributed by atoms with Gasteiger partial charge in [0, 0.05) is 63.3 Å². The number of aromatic nitrogens is 6. The van der Waals surface area contributed by atoms with Gasteiger partial charge in [-0.3, -0.25) is 14.0 Å². The molecule has 3 aromatic heterocycles. The number of fused-ring (bicyclic) bond motifs is 4. The van der Waals surface area contributed by atoms with Crippen molar-refractivity contribution in [3.63, 3.8) is 0 Å². The summed E-state index contributed by atoms with van der Waals surface area (Å²) in [6.07, 6.45) is 5.23. The lowest BCUT2D eigenvalue weighted by Gasteiger charge is -2.32. The summed E-state index contributed by atoms with van der Waals surface area (Å²) >= 11 is 29.6. The molecule has 4 heterocycles. The van der Waals surface area contributed by atoms with Gasteiger partial charge in [-0.25, -0.2) is 19.4 Å². The SMILES string of the molecule is Cn1nccc1B1OC(C)(C)C(C)(C)O1.[C-]#[N+]c1cc(Cl)c2ccccc2c1.[C-]#[N+]c1cc2ccccc2c(Cl)c1-c1c(I)cnn1C.[C-]#[N+]c1cc2ccccc2c(Cl)c1-c1ccnn1C.[C-]#[N+]c1cc2ccccc2c(Cl)c1I. The molecule has 8 aromatic carbocycles. The van der Waals surface area contributed by atoms with Crippen LogP contribution in [0, 0.1) is 33.4 Å². The van der Waals surface area contributed by atoms with Gasteiger partial charge < -0.3 is 9.31 Å². The molecule has 0 amide bonds. The summed E-state index contributed by atoms with van der Waals surface area (Å²) in [6, 6.07) is 44.2. The van der Waals surface area contributed by atoms with Gasteiger partial charge in [-0.05, 0) is 136 Å². The molecule has 1 aliphatic rings. The third-order valence-electron chi connectivity index (χ3n) is 13.7. The minimum Gasteiger partial charge on any atom is -0.398 e. The largest absolute Gasteiger partial charge is 0.514 e. The van der Waals surface area contributed by atoms with E-state index in [1.807, 2.05) is 182 Å². The van der Waals surface area contributed by atoms with Crippen molar-refractivity contribution >= 4 is 170 Å². The Bertz CT molecular complexity index is 4320. The second kappa shape index (κ2) is 25.8. The van der Waals surface area contributed by atoms with E-state index in [9.17, 15) is 0 Å². The summed E-state index contributed by atoms with van der Waals surface area (Å²) in [4.78, 5) is 14.0. The molecule has 0 N–H and O–H groups in total. The molecular formula is C62H47BCl4I2N10O2. The Balaban J connectivity index is 0.000000134. The maximum Gasteiger partial charge on any atom is 0.514 e. The Kier molecular flexibility index (Phi) is 19.2. The third kappa shape index (κ3) is 12.9.